The third-order valence-corrected chi connectivity index (χ3v) is 7.07. The zero-order valence-electron chi connectivity index (χ0n) is 12.2. The summed E-state index contributed by atoms with van der Waals surface area (Å²) < 4.78 is 28.9. The van der Waals surface area contributed by atoms with Gasteiger partial charge in [-0.15, -0.1) is 0 Å². The number of nitriles is 1. The lowest BCUT2D eigenvalue weighted by Crippen LogP contribution is -2.42. The molecule has 0 aliphatic carbocycles. The third-order valence-electron chi connectivity index (χ3n) is 3.64. The van der Waals surface area contributed by atoms with Gasteiger partial charge >= 0.3 is 0 Å². The Kier molecular flexibility index (Phi) is 5.88. The van der Waals surface area contributed by atoms with Gasteiger partial charge in [-0.1, -0.05) is 22.9 Å². The molecule has 5 nitrogen and oxygen atoms in total. The standard InChI is InChI=1S/C14H17Br2N3O2S/c1-2-6-19(12-5-7-18(9-12)10-17)22(20,21)14-8-11(15)3-4-13(14)16/h3-4,8,12H,2,5-7,9H2,1H3. The lowest BCUT2D eigenvalue weighted by atomic mass is 10.2. The van der Waals surface area contributed by atoms with Crippen LogP contribution in [-0.2, 0) is 10.0 Å². The van der Waals surface area contributed by atoms with Crippen LogP contribution in [0, 0.1) is 11.5 Å². The highest BCUT2D eigenvalue weighted by Crippen LogP contribution is 2.31. The Morgan fingerprint density at radius 3 is 2.77 bits per heavy atom. The van der Waals surface area contributed by atoms with Crippen molar-refractivity contribution in [2.24, 2.45) is 0 Å². The van der Waals surface area contributed by atoms with Gasteiger partial charge < -0.3 is 4.90 Å². The maximum atomic E-state index is 13.1. The SMILES string of the molecule is CCCN(C1CCN(C#N)C1)S(=O)(=O)c1cc(Br)ccc1Br. The molecule has 1 fully saturated rings. The van der Waals surface area contributed by atoms with E-state index in [0.29, 0.717) is 30.5 Å². The summed E-state index contributed by atoms with van der Waals surface area (Å²) in [5, 5.41) is 8.99. The molecule has 0 amide bonds. The molecular formula is C14H17Br2N3O2S. The van der Waals surface area contributed by atoms with E-state index in [1.54, 1.807) is 23.1 Å². The summed E-state index contributed by atoms with van der Waals surface area (Å²) in [4.78, 5) is 1.87. The number of benzene rings is 1. The highest BCUT2D eigenvalue weighted by atomic mass is 79.9. The van der Waals surface area contributed by atoms with E-state index in [9.17, 15) is 8.42 Å². The molecule has 2 rings (SSSR count). The van der Waals surface area contributed by atoms with Crippen molar-refractivity contribution in [3.63, 3.8) is 0 Å². The molecule has 0 radical (unpaired) electrons. The quantitative estimate of drug-likeness (QED) is 0.646. The molecule has 1 aliphatic rings. The number of likely N-dealkylation sites (tertiary alicyclic amines) is 1. The molecule has 1 aromatic carbocycles. The third kappa shape index (κ3) is 3.65. The van der Waals surface area contributed by atoms with Gasteiger partial charge in [-0.05, 0) is 47.0 Å². The molecule has 1 saturated heterocycles. The fourth-order valence-corrected chi connectivity index (χ4v) is 5.79. The van der Waals surface area contributed by atoms with Crippen LogP contribution >= 0.6 is 31.9 Å². The zero-order chi connectivity index (χ0) is 16.3. The molecule has 0 spiro atoms. The van der Waals surface area contributed by atoms with Crippen LogP contribution in [0.3, 0.4) is 0 Å². The fraction of sp³-hybridized carbons (Fsp3) is 0.500. The molecular weight excluding hydrogens is 434 g/mol. The van der Waals surface area contributed by atoms with E-state index in [1.165, 1.54) is 4.31 Å². The lowest BCUT2D eigenvalue weighted by Gasteiger charge is -2.28. The van der Waals surface area contributed by atoms with Gasteiger partial charge in [0.2, 0.25) is 10.0 Å². The summed E-state index contributed by atoms with van der Waals surface area (Å²) >= 11 is 6.66. The molecule has 0 saturated carbocycles. The van der Waals surface area contributed by atoms with Crippen LogP contribution in [0.1, 0.15) is 19.8 Å². The zero-order valence-corrected chi connectivity index (χ0v) is 16.2. The van der Waals surface area contributed by atoms with Crippen molar-refractivity contribution < 1.29 is 8.42 Å². The van der Waals surface area contributed by atoms with Crippen LogP contribution in [-0.4, -0.2) is 43.3 Å². The highest BCUT2D eigenvalue weighted by Gasteiger charge is 2.36. The van der Waals surface area contributed by atoms with Crippen LogP contribution in [0.15, 0.2) is 32.0 Å². The predicted octanol–water partition coefficient (Wildman–Crippen LogP) is 3.17. The Balaban J connectivity index is 2.39. The van der Waals surface area contributed by atoms with E-state index in [4.69, 9.17) is 5.26 Å². The largest absolute Gasteiger partial charge is 0.309 e. The van der Waals surface area contributed by atoms with Gasteiger partial charge in [0.05, 0.1) is 4.90 Å². The first-order chi connectivity index (χ1) is 10.4. The van der Waals surface area contributed by atoms with E-state index in [2.05, 4.69) is 38.1 Å². The Morgan fingerprint density at radius 1 is 1.45 bits per heavy atom. The van der Waals surface area contributed by atoms with E-state index in [-0.39, 0.29) is 10.9 Å². The first-order valence-electron chi connectivity index (χ1n) is 7.01. The average molecular weight is 451 g/mol. The van der Waals surface area contributed by atoms with Crippen LogP contribution in [0.5, 0.6) is 0 Å². The van der Waals surface area contributed by atoms with Crippen molar-refractivity contribution in [1.29, 1.82) is 5.26 Å². The molecule has 0 bridgehead atoms. The van der Waals surface area contributed by atoms with Crippen molar-refractivity contribution in [2.45, 2.75) is 30.7 Å². The van der Waals surface area contributed by atoms with Gasteiger partial charge in [0.1, 0.15) is 0 Å². The van der Waals surface area contributed by atoms with Crippen molar-refractivity contribution in [1.82, 2.24) is 9.21 Å². The minimum atomic E-state index is -3.61. The van der Waals surface area contributed by atoms with Crippen LogP contribution in [0.2, 0.25) is 0 Å². The van der Waals surface area contributed by atoms with Crippen molar-refractivity contribution in [2.75, 3.05) is 19.6 Å². The number of nitrogens with zero attached hydrogens (tertiary/aromatic N) is 3. The van der Waals surface area contributed by atoms with Gasteiger partial charge in [-0.3, -0.25) is 0 Å². The number of sulfonamides is 1. The molecule has 120 valence electrons. The molecule has 0 aromatic heterocycles. The Morgan fingerprint density at radius 2 is 2.18 bits per heavy atom. The van der Waals surface area contributed by atoms with E-state index in [1.807, 2.05) is 6.92 Å². The average Bonchev–Trinajstić information content (AvgIpc) is 2.95. The Labute approximate surface area is 148 Å². The highest BCUT2D eigenvalue weighted by molar-refractivity contribution is 9.11. The van der Waals surface area contributed by atoms with Crippen molar-refractivity contribution in [3.8, 4) is 6.19 Å². The Hall–Kier alpha value is -0.620. The molecule has 0 N–H and O–H groups in total. The summed E-state index contributed by atoms with van der Waals surface area (Å²) in [7, 11) is -3.61. The predicted molar refractivity (Wildman–Crippen MR) is 91.6 cm³/mol. The van der Waals surface area contributed by atoms with Crippen molar-refractivity contribution >= 4 is 41.9 Å². The Bertz CT molecular complexity index is 688. The molecule has 1 heterocycles. The second-order valence-electron chi connectivity index (χ2n) is 5.18. The summed E-state index contributed by atoms with van der Waals surface area (Å²) in [5.74, 6) is 0. The van der Waals surface area contributed by atoms with Crippen molar-refractivity contribution in [3.05, 3.63) is 27.1 Å². The van der Waals surface area contributed by atoms with E-state index < -0.39 is 10.0 Å². The van der Waals surface area contributed by atoms with Gasteiger partial charge in [0.15, 0.2) is 6.19 Å². The first kappa shape index (κ1) is 17.7. The van der Waals surface area contributed by atoms with Gasteiger partial charge in [-0.25, -0.2) is 8.42 Å². The normalized spacial score (nSPS) is 18.7. The van der Waals surface area contributed by atoms with Crippen LogP contribution in [0.25, 0.3) is 0 Å². The number of halogens is 2. The second kappa shape index (κ2) is 7.30. The maximum absolute atomic E-state index is 13.1. The van der Waals surface area contributed by atoms with Gasteiger partial charge in [0, 0.05) is 34.6 Å². The summed E-state index contributed by atoms with van der Waals surface area (Å²) in [5.41, 5.74) is 0. The molecule has 1 aliphatic heterocycles. The number of hydrogen-bond acceptors (Lipinski definition) is 4. The molecule has 1 atom stereocenters. The van der Waals surface area contributed by atoms with Gasteiger partial charge in [0.25, 0.3) is 0 Å². The topological polar surface area (TPSA) is 64.4 Å². The van der Waals surface area contributed by atoms with Crippen LogP contribution < -0.4 is 0 Å². The fourth-order valence-electron chi connectivity index (χ4n) is 2.59. The molecule has 1 aromatic rings. The monoisotopic (exact) mass is 449 g/mol. The summed E-state index contributed by atoms with van der Waals surface area (Å²) in [6, 6.07) is 4.96. The van der Waals surface area contributed by atoms with E-state index in [0.717, 1.165) is 10.9 Å². The number of hydrogen-bond donors (Lipinski definition) is 0. The minimum absolute atomic E-state index is 0.157. The molecule has 22 heavy (non-hydrogen) atoms. The first-order valence-corrected chi connectivity index (χ1v) is 10.0. The van der Waals surface area contributed by atoms with E-state index >= 15 is 0 Å². The number of rotatable bonds is 5. The molecule has 1 unspecified atom stereocenters. The smallest absolute Gasteiger partial charge is 0.244 e. The lowest BCUT2D eigenvalue weighted by molar-refractivity contribution is 0.320. The van der Waals surface area contributed by atoms with Crippen LogP contribution in [0.4, 0.5) is 0 Å². The summed E-state index contributed by atoms with van der Waals surface area (Å²) in [6.45, 7) is 3.47. The van der Waals surface area contributed by atoms with Gasteiger partial charge in [-0.2, -0.15) is 9.57 Å². The maximum Gasteiger partial charge on any atom is 0.244 e. The summed E-state index contributed by atoms with van der Waals surface area (Å²) in [6.07, 6.45) is 3.51. The second-order valence-corrected chi connectivity index (χ2v) is 8.81. The minimum Gasteiger partial charge on any atom is -0.309 e. The molecule has 8 heteroatoms.